The average Bonchev–Trinajstić information content (AvgIpc) is 2.77. The van der Waals surface area contributed by atoms with Crippen LogP contribution in [0.1, 0.15) is 24.4 Å². The van der Waals surface area contributed by atoms with E-state index in [0.29, 0.717) is 23.6 Å². The minimum atomic E-state index is 0.127. The van der Waals surface area contributed by atoms with Gasteiger partial charge < -0.3 is 9.30 Å². The van der Waals surface area contributed by atoms with Gasteiger partial charge in [-0.1, -0.05) is 6.07 Å². The third-order valence-electron chi connectivity index (χ3n) is 2.88. The predicted molar refractivity (Wildman–Crippen MR) is 70.6 cm³/mol. The fraction of sp³-hybridized carbons (Fsp3) is 0.385. The Morgan fingerprint density at radius 3 is 2.94 bits per heavy atom. The summed E-state index contributed by atoms with van der Waals surface area (Å²) in [7, 11) is 1.66. The van der Waals surface area contributed by atoms with E-state index in [-0.39, 0.29) is 6.04 Å². The van der Waals surface area contributed by atoms with Crippen molar-refractivity contribution in [3.05, 3.63) is 29.6 Å². The molecule has 2 aromatic rings. The zero-order valence-corrected chi connectivity index (χ0v) is 11.1. The Kier molecular flexibility index (Phi) is 3.85. The molecule has 1 atom stereocenters. The van der Waals surface area contributed by atoms with E-state index in [1.54, 1.807) is 13.2 Å². The van der Waals surface area contributed by atoms with Gasteiger partial charge in [0.25, 0.3) is 0 Å². The summed E-state index contributed by atoms with van der Waals surface area (Å²) in [4.78, 5) is 4.46. The molecule has 0 aliphatic rings. The van der Waals surface area contributed by atoms with Gasteiger partial charge in [-0.25, -0.2) is 4.98 Å². The number of methoxy groups -OCH3 is 1. The van der Waals surface area contributed by atoms with Crippen LogP contribution >= 0.6 is 11.6 Å². The highest BCUT2D eigenvalue weighted by Gasteiger charge is 2.16. The number of halogens is 1. The van der Waals surface area contributed by atoms with Gasteiger partial charge in [0.1, 0.15) is 17.4 Å². The second-order valence-electron chi connectivity index (χ2n) is 4.12. The van der Waals surface area contributed by atoms with E-state index in [2.05, 4.69) is 11.1 Å². The van der Waals surface area contributed by atoms with E-state index in [9.17, 15) is 0 Å². The van der Waals surface area contributed by atoms with E-state index in [1.165, 1.54) is 0 Å². The maximum Gasteiger partial charge on any atom is 0.125 e. The normalized spacial score (nSPS) is 12.6. The first kappa shape index (κ1) is 12.9. The van der Waals surface area contributed by atoms with Gasteiger partial charge in [0.05, 0.1) is 29.6 Å². The maximum atomic E-state index is 9.09. The van der Waals surface area contributed by atoms with E-state index < -0.39 is 0 Å². The molecule has 4 nitrogen and oxygen atoms in total. The lowest BCUT2D eigenvalue weighted by Gasteiger charge is -2.15. The molecule has 18 heavy (non-hydrogen) atoms. The van der Waals surface area contributed by atoms with Crippen LogP contribution in [0.25, 0.3) is 11.0 Å². The van der Waals surface area contributed by atoms with Gasteiger partial charge in [-0.2, -0.15) is 5.26 Å². The first-order chi connectivity index (χ1) is 8.72. The number of fused-ring (bicyclic) bond motifs is 1. The summed E-state index contributed by atoms with van der Waals surface area (Å²) in [6.45, 7) is 2.62. The Morgan fingerprint density at radius 2 is 2.33 bits per heavy atom. The molecule has 0 radical (unpaired) electrons. The van der Waals surface area contributed by atoms with Gasteiger partial charge in [-0.15, -0.1) is 11.6 Å². The molecule has 0 amide bonds. The van der Waals surface area contributed by atoms with Crippen molar-refractivity contribution >= 4 is 22.6 Å². The van der Waals surface area contributed by atoms with Crippen LogP contribution in [0, 0.1) is 11.3 Å². The lowest BCUT2D eigenvalue weighted by molar-refractivity contribution is 0.163. The predicted octanol–water partition coefficient (Wildman–Crippen LogP) is 2.85. The number of aromatic nitrogens is 2. The average molecular weight is 264 g/mol. The quantitative estimate of drug-likeness (QED) is 0.797. The van der Waals surface area contributed by atoms with Gasteiger partial charge in [0, 0.05) is 7.11 Å². The molecule has 0 fully saturated rings. The molecule has 1 heterocycles. The first-order valence-electron chi connectivity index (χ1n) is 5.67. The highest BCUT2D eigenvalue weighted by molar-refractivity contribution is 6.16. The summed E-state index contributed by atoms with van der Waals surface area (Å²) in [6.07, 6.45) is 0. The van der Waals surface area contributed by atoms with Crippen molar-refractivity contribution in [2.75, 3.05) is 13.7 Å². The van der Waals surface area contributed by atoms with Gasteiger partial charge in [0.2, 0.25) is 0 Å². The zero-order chi connectivity index (χ0) is 13.1. The SMILES string of the molecule is COCC(C)n1c(CCl)nc2c(C#N)cccc21. The molecule has 5 heteroatoms. The molecule has 2 rings (SSSR count). The third-order valence-corrected chi connectivity index (χ3v) is 3.12. The fourth-order valence-electron chi connectivity index (χ4n) is 2.16. The van der Waals surface area contributed by atoms with Crippen LogP contribution in [-0.2, 0) is 10.6 Å². The van der Waals surface area contributed by atoms with Crippen LogP contribution in [0.5, 0.6) is 0 Å². The van der Waals surface area contributed by atoms with Gasteiger partial charge in [-0.05, 0) is 19.1 Å². The minimum Gasteiger partial charge on any atom is -0.383 e. The van der Waals surface area contributed by atoms with Gasteiger partial charge in [-0.3, -0.25) is 0 Å². The Bertz CT molecular complexity index is 600. The molecule has 1 aromatic heterocycles. The Labute approximate surface area is 111 Å². The number of alkyl halides is 1. The Balaban J connectivity index is 2.67. The topological polar surface area (TPSA) is 50.8 Å². The smallest absolute Gasteiger partial charge is 0.125 e. The van der Waals surface area contributed by atoms with Crippen molar-refractivity contribution in [2.45, 2.75) is 18.8 Å². The molecule has 0 bridgehead atoms. The highest BCUT2D eigenvalue weighted by Crippen LogP contribution is 2.24. The molecular weight excluding hydrogens is 250 g/mol. The largest absolute Gasteiger partial charge is 0.383 e. The van der Waals surface area contributed by atoms with Crippen LogP contribution in [0.4, 0.5) is 0 Å². The number of imidazole rings is 1. The van der Waals surface area contributed by atoms with Crippen molar-refractivity contribution in [3.8, 4) is 6.07 Å². The van der Waals surface area contributed by atoms with Crippen molar-refractivity contribution in [1.29, 1.82) is 5.26 Å². The first-order valence-corrected chi connectivity index (χ1v) is 6.21. The summed E-state index contributed by atoms with van der Waals surface area (Å²) in [5.41, 5.74) is 2.20. The molecule has 0 aliphatic heterocycles. The van der Waals surface area contributed by atoms with Crippen LogP contribution in [-0.4, -0.2) is 23.3 Å². The Hall–Kier alpha value is -1.57. The monoisotopic (exact) mass is 263 g/mol. The van der Waals surface area contributed by atoms with Crippen molar-refractivity contribution < 1.29 is 4.74 Å². The molecule has 1 unspecified atom stereocenters. The summed E-state index contributed by atoms with van der Waals surface area (Å²) in [5, 5.41) is 9.09. The molecular formula is C13H14ClN3O. The van der Waals surface area contributed by atoms with Crippen LogP contribution < -0.4 is 0 Å². The number of nitriles is 1. The lowest BCUT2D eigenvalue weighted by atomic mass is 10.2. The van der Waals surface area contributed by atoms with E-state index in [4.69, 9.17) is 21.6 Å². The third kappa shape index (κ3) is 2.07. The van der Waals surface area contributed by atoms with E-state index >= 15 is 0 Å². The molecule has 1 aromatic carbocycles. The Morgan fingerprint density at radius 1 is 1.56 bits per heavy atom. The molecule has 0 N–H and O–H groups in total. The minimum absolute atomic E-state index is 0.127. The van der Waals surface area contributed by atoms with E-state index in [1.807, 2.05) is 23.6 Å². The van der Waals surface area contributed by atoms with E-state index in [0.717, 1.165) is 11.3 Å². The summed E-state index contributed by atoms with van der Waals surface area (Å²) < 4.78 is 7.21. The molecule has 0 aliphatic carbocycles. The van der Waals surface area contributed by atoms with Crippen molar-refractivity contribution in [1.82, 2.24) is 9.55 Å². The summed E-state index contributed by atoms with van der Waals surface area (Å²) >= 11 is 5.94. The summed E-state index contributed by atoms with van der Waals surface area (Å²) in [5.74, 6) is 1.08. The maximum absolute atomic E-state index is 9.09. The molecule has 0 saturated heterocycles. The van der Waals surface area contributed by atoms with Crippen LogP contribution in [0.15, 0.2) is 18.2 Å². The molecule has 94 valence electrons. The van der Waals surface area contributed by atoms with Crippen molar-refractivity contribution in [3.63, 3.8) is 0 Å². The fourth-order valence-corrected chi connectivity index (χ4v) is 2.35. The molecule has 0 saturated carbocycles. The second-order valence-corrected chi connectivity index (χ2v) is 4.39. The highest BCUT2D eigenvalue weighted by atomic mass is 35.5. The number of rotatable bonds is 4. The number of para-hydroxylation sites is 1. The molecule has 0 spiro atoms. The van der Waals surface area contributed by atoms with Crippen LogP contribution in [0.2, 0.25) is 0 Å². The zero-order valence-electron chi connectivity index (χ0n) is 10.4. The van der Waals surface area contributed by atoms with Crippen LogP contribution in [0.3, 0.4) is 0 Å². The second kappa shape index (κ2) is 5.38. The standard InChI is InChI=1S/C13H14ClN3O/c1-9(8-18-2)17-11-5-3-4-10(7-15)13(11)16-12(17)6-14/h3-5,9H,6,8H2,1-2H3. The van der Waals surface area contributed by atoms with Crippen molar-refractivity contribution in [2.24, 2.45) is 0 Å². The number of hydrogen-bond acceptors (Lipinski definition) is 3. The summed E-state index contributed by atoms with van der Waals surface area (Å²) in [6, 6.07) is 7.85. The number of hydrogen-bond donors (Lipinski definition) is 0. The number of nitrogens with zero attached hydrogens (tertiary/aromatic N) is 3. The number of benzene rings is 1. The van der Waals surface area contributed by atoms with Gasteiger partial charge in [0.15, 0.2) is 0 Å². The van der Waals surface area contributed by atoms with Gasteiger partial charge >= 0.3 is 0 Å². The lowest BCUT2D eigenvalue weighted by Crippen LogP contribution is -2.13. The number of ether oxygens (including phenoxy) is 1.